The first-order valence-electron chi connectivity index (χ1n) is 16.1. The first-order valence-corrected chi connectivity index (χ1v) is 16.1. The summed E-state index contributed by atoms with van der Waals surface area (Å²) in [5.74, 6) is 0. The highest BCUT2D eigenvalue weighted by Crippen LogP contribution is 2.15. The lowest BCUT2D eigenvalue weighted by Gasteiger charge is -2.26. The van der Waals surface area contributed by atoms with Crippen LogP contribution in [-0.4, -0.2) is 52.8 Å². The molecule has 0 saturated carbocycles. The number of hydrogen-bond donors (Lipinski definition) is 5. The SMILES string of the molecule is CCCCCCCCCCCCCC[C@@H](O)[C@@H](O)[C@H](CO)NC(=O)NCCCCCCCCCCCC. The molecule has 0 unspecified atom stereocenters. The van der Waals surface area contributed by atoms with Crippen LogP contribution in [0.15, 0.2) is 0 Å². The molecule has 0 aromatic carbocycles. The first-order chi connectivity index (χ1) is 18.1. The van der Waals surface area contributed by atoms with Crippen LogP contribution in [0.25, 0.3) is 0 Å². The molecule has 0 fully saturated rings. The fourth-order valence-corrected chi connectivity index (χ4v) is 4.91. The fraction of sp³-hybridized carbons (Fsp3) is 0.968. The lowest BCUT2D eigenvalue weighted by atomic mass is 9.99. The summed E-state index contributed by atoms with van der Waals surface area (Å²) >= 11 is 0. The van der Waals surface area contributed by atoms with Gasteiger partial charge in [-0.3, -0.25) is 0 Å². The van der Waals surface area contributed by atoms with Crippen LogP contribution in [0, 0.1) is 0 Å². The highest BCUT2D eigenvalue weighted by Gasteiger charge is 2.26. The normalized spacial score (nSPS) is 13.9. The second-order valence-electron chi connectivity index (χ2n) is 11.1. The van der Waals surface area contributed by atoms with Crippen molar-refractivity contribution in [1.82, 2.24) is 10.6 Å². The molecule has 37 heavy (non-hydrogen) atoms. The van der Waals surface area contributed by atoms with E-state index in [4.69, 9.17) is 0 Å². The van der Waals surface area contributed by atoms with Gasteiger partial charge in [0.25, 0.3) is 0 Å². The Bertz CT molecular complexity index is 478. The topological polar surface area (TPSA) is 102 Å². The van der Waals surface area contributed by atoms with Crippen molar-refractivity contribution in [3.05, 3.63) is 0 Å². The second kappa shape index (κ2) is 28.2. The van der Waals surface area contributed by atoms with Crippen LogP contribution in [-0.2, 0) is 0 Å². The fourth-order valence-electron chi connectivity index (χ4n) is 4.91. The van der Waals surface area contributed by atoms with Gasteiger partial charge in [-0.1, -0.05) is 149 Å². The Balaban J connectivity index is 3.72. The third-order valence-corrected chi connectivity index (χ3v) is 7.49. The number of aliphatic hydroxyl groups is 3. The molecule has 0 aliphatic carbocycles. The maximum Gasteiger partial charge on any atom is 0.315 e. The van der Waals surface area contributed by atoms with E-state index in [1.54, 1.807) is 0 Å². The average molecular weight is 529 g/mol. The maximum atomic E-state index is 12.1. The Morgan fingerprint density at radius 1 is 0.595 bits per heavy atom. The van der Waals surface area contributed by atoms with Gasteiger partial charge in [0, 0.05) is 6.54 Å². The van der Waals surface area contributed by atoms with Gasteiger partial charge < -0.3 is 26.0 Å². The molecule has 0 radical (unpaired) electrons. The zero-order valence-corrected chi connectivity index (χ0v) is 24.7. The molecule has 0 aliphatic rings. The third-order valence-electron chi connectivity index (χ3n) is 7.49. The Labute approximate surface area is 229 Å². The molecule has 3 atom stereocenters. The number of amides is 2. The second-order valence-corrected chi connectivity index (χ2v) is 11.1. The number of carbonyl (C=O) groups is 1. The minimum Gasteiger partial charge on any atom is -0.394 e. The van der Waals surface area contributed by atoms with Crippen molar-refractivity contribution in [2.75, 3.05) is 13.2 Å². The molecule has 2 amide bonds. The minimum absolute atomic E-state index is 0.397. The van der Waals surface area contributed by atoms with Gasteiger partial charge in [0.05, 0.1) is 18.8 Å². The van der Waals surface area contributed by atoms with Gasteiger partial charge >= 0.3 is 6.03 Å². The first kappa shape index (κ1) is 36.1. The van der Waals surface area contributed by atoms with Gasteiger partial charge in [-0.15, -0.1) is 0 Å². The van der Waals surface area contributed by atoms with Crippen LogP contribution < -0.4 is 10.6 Å². The maximum absolute atomic E-state index is 12.1. The molecule has 0 aromatic heterocycles. The molecule has 0 spiro atoms. The minimum atomic E-state index is -1.17. The number of unbranched alkanes of at least 4 members (excludes halogenated alkanes) is 20. The molecular formula is C31H64N2O4. The summed E-state index contributed by atoms with van der Waals surface area (Å²) in [6, 6.07) is -1.26. The molecule has 6 nitrogen and oxygen atoms in total. The van der Waals surface area contributed by atoms with E-state index in [9.17, 15) is 20.1 Å². The number of hydrogen-bond acceptors (Lipinski definition) is 4. The van der Waals surface area contributed by atoms with Gasteiger partial charge in [0.1, 0.15) is 6.10 Å². The van der Waals surface area contributed by atoms with Crippen molar-refractivity contribution >= 4 is 6.03 Å². The van der Waals surface area contributed by atoms with Crippen molar-refractivity contribution < 1.29 is 20.1 Å². The summed E-state index contributed by atoms with van der Waals surface area (Å²) in [4.78, 5) is 12.1. The molecule has 5 N–H and O–H groups in total. The van der Waals surface area contributed by atoms with Crippen molar-refractivity contribution in [3.63, 3.8) is 0 Å². The average Bonchev–Trinajstić information content (AvgIpc) is 2.90. The molecular weight excluding hydrogens is 464 g/mol. The van der Waals surface area contributed by atoms with Crippen LogP contribution in [0.4, 0.5) is 4.79 Å². The number of carbonyl (C=O) groups excluding carboxylic acids is 1. The van der Waals surface area contributed by atoms with E-state index in [1.807, 2.05) is 0 Å². The van der Waals surface area contributed by atoms with E-state index in [2.05, 4.69) is 24.5 Å². The van der Waals surface area contributed by atoms with E-state index < -0.39 is 30.9 Å². The van der Waals surface area contributed by atoms with Crippen LogP contribution in [0.1, 0.15) is 162 Å². The zero-order chi connectivity index (χ0) is 27.4. The summed E-state index contributed by atoms with van der Waals surface area (Å²) in [5.41, 5.74) is 0. The number of urea groups is 1. The lowest BCUT2D eigenvalue weighted by Crippen LogP contribution is -2.53. The van der Waals surface area contributed by atoms with Crippen molar-refractivity contribution in [3.8, 4) is 0 Å². The van der Waals surface area contributed by atoms with Gasteiger partial charge in [-0.25, -0.2) is 4.79 Å². The van der Waals surface area contributed by atoms with E-state index in [0.717, 1.165) is 32.1 Å². The molecule has 222 valence electrons. The summed E-state index contributed by atoms with van der Waals surface area (Å²) in [5, 5.41) is 35.8. The molecule has 0 heterocycles. The predicted octanol–water partition coefficient (Wildman–Crippen LogP) is 7.38. The van der Waals surface area contributed by atoms with E-state index >= 15 is 0 Å². The predicted molar refractivity (Wildman–Crippen MR) is 157 cm³/mol. The van der Waals surface area contributed by atoms with E-state index in [1.165, 1.54) is 109 Å². The molecule has 0 aliphatic heterocycles. The van der Waals surface area contributed by atoms with Crippen LogP contribution in [0.3, 0.4) is 0 Å². The lowest BCUT2D eigenvalue weighted by molar-refractivity contribution is -0.0183. The van der Waals surface area contributed by atoms with Gasteiger partial charge in [-0.05, 0) is 12.8 Å². The largest absolute Gasteiger partial charge is 0.394 e. The Hall–Kier alpha value is -0.850. The molecule has 0 rings (SSSR count). The Kier molecular flexibility index (Phi) is 27.5. The molecule has 0 aromatic rings. The molecule has 0 bridgehead atoms. The van der Waals surface area contributed by atoms with Crippen LogP contribution in [0.2, 0.25) is 0 Å². The summed E-state index contributed by atoms with van der Waals surface area (Å²) < 4.78 is 0. The molecule has 6 heteroatoms. The number of rotatable bonds is 28. The van der Waals surface area contributed by atoms with E-state index in [-0.39, 0.29) is 0 Å². The summed E-state index contributed by atoms with van der Waals surface area (Å²) in [6.07, 6.45) is 25.8. The quantitative estimate of drug-likeness (QED) is 0.0684. The highest BCUT2D eigenvalue weighted by molar-refractivity contribution is 5.74. The standard InChI is InChI=1S/C31H64N2O4/c1-3-5-7-9-11-13-15-16-17-19-21-23-25-29(35)30(36)28(27-34)33-31(37)32-26-24-22-20-18-14-12-10-8-6-4-2/h28-30,34-36H,3-27H2,1-2H3,(H2,32,33,37)/t28-,29+,30-/m0/s1. The zero-order valence-electron chi connectivity index (χ0n) is 24.7. The van der Waals surface area contributed by atoms with Crippen LogP contribution >= 0.6 is 0 Å². The monoisotopic (exact) mass is 528 g/mol. The smallest absolute Gasteiger partial charge is 0.315 e. The van der Waals surface area contributed by atoms with Crippen molar-refractivity contribution in [2.45, 2.75) is 180 Å². The number of nitrogens with one attached hydrogen (secondary N) is 2. The summed E-state index contributed by atoms with van der Waals surface area (Å²) in [6.45, 7) is 4.67. The van der Waals surface area contributed by atoms with Crippen LogP contribution in [0.5, 0.6) is 0 Å². The van der Waals surface area contributed by atoms with Crippen molar-refractivity contribution in [1.29, 1.82) is 0 Å². The third kappa shape index (κ3) is 24.0. The van der Waals surface area contributed by atoms with Gasteiger partial charge in [0.2, 0.25) is 0 Å². The van der Waals surface area contributed by atoms with Crippen molar-refractivity contribution in [2.24, 2.45) is 0 Å². The van der Waals surface area contributed by atoms with Gasteiger partial charge in [-0.2, -0.15) is 0 Å². The molecule has 0 saturated heterocycles. The number of aliphatic hydroxyl groups excluding tert-OH is 3. The highest BCUT2D eigenvalue weighted by atomic mass is 16.3. The van der Waals surface area contributed by atoms with E-state index in [0.29, 0.717) is 13.0 Å². The Morgan fingerprint density at radius 3 is 1.38 bits per heavy atom. The Morgan fingerprint density at radius 2 is 0.973 bits per heavy atom. The van der Waals surface area contributed by atoms with Gasteiger partial charge in [0.15, 0.2) is 0 Å². The summed E-state index contributed by atoms with van der Waals surface area (Å²) in [7, 11) is 0.